The first kappa shape index (κ1) is 13.5. The first-order valence-corrected chi connectivity index (χ1v) is 4.07. The van der Waals surface area contributed by atoms with Crippen LogP contribution in [0.4, 0.5) is 18.0 Å². The van der Waals surface area contributed by atoms with E-state index in [1.165, 1.54) is 6.92 Å². The maximum atomic E-state index is 11.9. The van der Waals surface area contributed by atoms with E-state index in [0.29, 0.717) is 0 Å². The zero-order valence-corrected chi connectivity index (χ0v) is 7.97. The normalized spacial score (nSPS) is 10.9. The van der Waals surface area contributed by atoms with Gasteiger partial charge in [-0.05, 0) is 6.92 Å². The monoisotopic (exact) mass is 228 g/mol. The summed E-state index contributed by atoms with van der Waals surface area (Å²) in [6.45, 7) is -0.909. The molecular formula is C7H11F3N2O3. The average Bonchev–Trinajstić information content (AvgIpc) is 1.99. The molecule has 0 aromatic carbocycles. The van der Waals surface area contributed by atoms with E-state index < -0.39 is 31.3 Å². The number of halogens is 3. The van der Waals surface area contributed by atoms with E-state index in [1.807, 2.05) is 0 Å². The lowest BCUT2D eigenvalue weighted by molar-refractivity contribution is -0.148. The van der Waals surface area contributed by atoms with Crippen LogP contribution in [0.3, 0.4) is 0 Å². The number of nitrogens with zero attached hydrogens (tertiary/aromatic N) is 1. The van der Waals surface area contributed by atoms with Crippen LogP contribution in [0.25, 0.3) is 0 Å². The molecule has 0 radical (unpaired) electrons. The fourth-order valence-corrected chi connectivity index (χ4v) is 0.842. The average molecular weight is 228 g/mol. The fourth-order valence-electron chi connectivity index (χ4n) is 0.842. The van der Waals surface area contributed by atoms with E-state index in [1.54, 1.807) is 0 Å². The molecule has 0 aliphatic carbocycles. The van der Waals surface area contributed by atoms with Gasteiger partial charge in [-0.15, -0.1) is 0 Å². The minimum atomic E-state index is -4.61. The van der Waals surface area contributed by atoms with E-state index in [4.69, 9.17) is 5.11 Å². The molecule has 0 saturated heterocycles. The molecule has 0 spiro atoms. The van der Waals surface area contributed by atoms with Crippen LogP contribution in [-0.2, 0) is 4.79 Å². The van der Waals surface area contributed by atoms with Crippen molar-refractivity contribution >= 4 is 12.0 Å². The van der Waals surface area contributed by atoms with Gasteiger partial charge in [0.2, 0.25) is 0 Å². The van der Waals surface area contributed by atoms with Crippen LogP contribution < -0.4 is 5.32 Å². The van der Waals surface area contributed by atoms with Gasteiger partial charge in [-0.1, -0.05) is 0 Å². The van der Waals surface area contributed by atoms with Crippen molar-refractivity contribution in [2.45, 2.75) is 13.1 Å². The van der Waals surface area contributed by atoms with E-state index in [9.17, 15) is 22.8 Å². The summed E-state index contributed by atoms with van der Waals surface area (Å²) in [5, 5.41) is 10.4. The van der Waals surface area contributed by atoms with Crippen LogP contribution in [0.5, 0.6) is 0 Å². The quantitative estimate of drug-likeness (QED) is 0.742. The molecule has 0 unspecified atom stereocenters. The van der Waals surface area contributed by atoms with Crippen LogP contribution in [0.15, 0.2) is 0 Å². The molecule has 0 aliphatic heterocycles. The number of hydrogen-bond donors (Lipinski definition) is 2. The fraction of sp³-hybridized carbons (Fsp3) is 0.714. The standard InChI is InChI=1S/C7H11F3N2O3/c1-2-11-6(15)12(3-5(13)14)4-7(8,9)10/h2-4H2,1H3,(H,11,15)(H,13,14). The predicted octanol–water partition coefficient (Wildman–Crippen LogP) is 0.665. The van der Waals surface area contributed by atoms with Crippen molar-refractivity contribution in [2.24, 2.45) is 0 Å². The maximum absolute atomic E-state index is 11.9. The number of rotatable bonds is 4. The number of urea groups is 1. The van der Waals surface area contributed by atoms with Crippen LogP contribution in [0.1, 0.15) is 6.92 Å². The van der Waals surface area contributed by atoms with E-state index in [0.717, 1.165) is 0 Å². The van der Waals surface area contributed by atoms with Gasteiger partial charge in [0.05, 0.1) is 0 Å². The van der Waals surface area contributed by atoms with E-state index in [2.05, 4.69) is 5.32 Å². The van der Waals surface area contributed by atoms with Crippen LogP contribution in [-0.4, -0.2) is 47.8 Å². The first-order chi connectivity index (χ1) is 6.76. The molecule has 0 atom stereocenters. The topological polar surface area (TPSA) is 69.6 Å². The van der Waals surface area contributed by atoms with Gasteiger partial charge in [0.1, 0.15) is 13.1 Å². The van der Waals surface area contributed by atoms with Gasteiger partial charge in [-0.25, -0.2) is 4.79 Å². The molecule has 0 aromatic heterocycles. The number of amides is 2. The highest BCUT2D eigenvalue weighted by Crippen LogP contribution is 2.16. The number of aliphatic carboxylic acids is 1. The highest BCUT2D eigenvalue weighted by Gasteiger charge is 2.33. The number of carbonyl (C=O) groups is 2. The molecule has 0 fully saturated rings. The molecule has 0 bridgehead atoms. The molecule has 2 amide bonds. The summed E-state index contributed by atoms with van der Waals surface area (Å²) in [7, 11) is 0. The Hall–Kier alpha value is -1.47. The smallest absolute Gasteiger partial charge is 0.406 e. The summed E-state index contributed by atoms with van der Waals surface area (Å²) in [5.41, 5.74) is 0. The Morgan fingerprint density at radius 3 is 2.27 bits per heavy atom. The SMILES string of the molecule is CCNC(=O)N(CC(=O)O)CC(F)(F)F. The van der Waals surface area contributed by atoms with Crippen molar-refractivity contribution in [2.75, 3.05) is 19.6 Å². The summed E-state index contributed by atoms with van der Waals surface area (Å²) < 4.78 is 35.8. The Morgan fingerprint density at radius 1 is 1.40 bits per heavy atom. The van der Waals surface area contributed by atoms with Crippen molar-refractivity contribution in [1.29, 1.82) is 0 Å². The third-order valence-corrected chi connectivity index (χ3v) is 1.31. The predicted molar refractivity (Wildman–Crippen MR) is 44.3 cm³/mol. The summed E-state index contributed by atoms with van der Waals surface area (Å²) in [5.74, 6) is -1.49. The van der Waals surface area contributed by atoms with Gasteiger partial charge in [0.25, 0.3) is 0 Å². The van der Waals surface area contributed by atoms with Crippen LogP contribution >= 0.6 is 0 Å². The van der Waals surface area contributed by atoms with Crippen molar-refractivity contribution in [3.8, 4) is 0 Å². The summed E-state index contributed by atoms with van der Waals surface area (Å²) >= 11 is 0. The van der Waals surface area contributed by atoms with E-state index >= 15 is 0 Å². The molecule has 0 heterocycles. The van der Waals surface area contributed by atoms with Crippen LogP contribution in [0.2, 0.25) is 0 Å². The summed E-state index contributed by atoms with van der Waals surface area (Å²) in [6, 6.07) is -1.04. The molecule has 5 nitrogen and oxygen atoms in total. The highest BCUT2D eigenvalue weighted by molar-refractivity contribution is 5.80. The second kappa shape index (κ2) is 5.42. The Kier molecular flexibility index (Phi) is 4.89. The lowest BCUT2D eigenvalue weighted by Gasteiger charge is -2.21. The Bertz CT molecular complexity index is 242. The molecule has 88 valence electrons. The number of hydrogen-bond acceptors (Lipinski definition) is 2. The van der Waals surface area contributed by atoms with Gasteiger partial charge >= 0.3 is 18.2 Å². The lowest BCUT2D eigenvalue weighted by atomic mass is 10.4. The molecule has 15 heavy (non-hydrogen) atoms. The second-order valence-electron chi connectivity index (χ2n) is 2.70. The number of alkyl halides is 3. The van der Waals surface area contributed by atoms with Gasteiger partial charge in [0.15, 0.2) is 0 Å². The number of nitrogens with one attached hydrogen (secondary N) is 1. The largest absolute Gasteiger partial charge is 0.480 e. The molecule has 8 heteroatoms. The molecular weight excluding hydrogens is 217 g/mol. The Labute approximate surface area is 83.9 Å². The van der Waals surface area contributed by atoms with Crippen molar-refractivity contribution in [3.05, 3.63) is 0 Å². The molecule has 0 rings (SSSR count). The number of carboxylic acid groups (broad SMARTS) is 1. The van der Waals surface area contributed by atoms with Gasteiger partial charge in [0, 0.05) is 6.54 Å². The zero-order chi connectivity index (χ0) is 12.1. The lowest BCUT2D eigenvalue weighted by Crippen LogP contribution is -2.47. The van der Waals surface area contributed by atoms with Gasteiger partial charge in [-0.2, -0.15) is 13.2 Å². The first-order valence-electron chi connectivity index (χ1n) is 4.07. The molecule has 0 aromatic rings. The van der Waals surface area contributed by atoms with Crippen molar-refractivity contribution in [3.63, 3.8) is 0 Å². The summed E-state index contributed by atoms with van der Waals surface area (Å²) in [6.07, 6.45) is -4.61. The molecule has 2 N–H and O–H groups in total. The number of carbonyl (C=O) groups excluding carboxylic acids is 1. The molecule has 0 aliphatic rings. The Balaban J connectivity index is 4.44. The van der Waals surface area contributed by atoms with Gasteiger partial charge < -0.3 is 15.3 Å². The van der Waals surface area contributed by atoms with E-state index in [-0.39, 0.29) is 11.4 Å². The number of carboxylic acids is 1. The summed E-state index contributed by atoms with van der Waals surface area (Å²) in [4.78, 5) is 21.4. The minimum Gasteiger partial charge on any atom is -0.480 e. The maximum Gasteiger partial charge on any atom is 0.406 e. The third-order valence-electron chi connectivity index (χ3n) is 1.31. The second-order valence-corrected chi connectivity index (χ2v) is 2.70. The highest BCUT2D eigenvalue weighted by atomic mass is 19.4. The van der Waals surface area contributed by atoms with Crippen molar-refractivity contribution in [1.82, 2.24) is 10.2 Å². The Morgan fingerprint density at radius 2 is 1.93 bits per heavy atom. The molecule has 0 saturated carbocycles. The van der Waals surface area contributed by atoms with Gasteiger partial charge in [-0.3, -0.25) is 4.79 Å². The minimum absolute atomic E-state index is 0.132. The zero-order valence-electron chi connectivity index (χ0n) is 7.97. The van der Waals surface area contributed by atoms with Crippen LogP contribution in [0, 0.1) is 0 Å². The van der Waals surface area contributed by atoms with Crippen molar-refractivity contribution < 1.29 is 27.9 Å². The third kappa shape index (κ3) is 6.58.